The molecular formula is C61H63N3O10. The molecule has 0 radical (unpaired) electrons. The number of azide groups is 1. The first-order valence-electron chi connectivity index (χ1n) is 25.2. The van der Waals surface area contributed by atoms with Gasteiger partial charge in [-0.15, -0.1) is 0 Å². The van der Waals surface area contributed by atoms with E-state index < -0.39 is 67.3 Å². The number of hydrogen-bond acceptors (Lipinski definition) is 11. The smallest absolute Gasteiger partial charge is 0.169 e. The molecule has 1 aliphatic heterocycles. The lowest BCUT2D eigenvalue weighted by molar-refractivity contribution is -0.338. The molecule has 1 N–H and O–H groups in total. The van der Waals surface area contributed by atoms with E-state index in [0.717, 1.165) is 38.9 Å². The van der Waals surface area contributed by atoms with Gasteiger partial charge in [0.1, 0.15) is 61.0 Å². The van der Waals surface area contributed by atoms with Gasteiger partial charge in [0, 0.05) is 4.91 Å². The SMILES string of the molecule is [N-]=[N+]=N[C@H]1[C@@H](O[C@@H]2[C@@H](O)[C@H](OCc3ccccc3)[C@@H](OCc3ccccc3)[C@@H](OCc3ccccc3)[C@@H]2OCc2ccccc2)O[C@H](COCc2ccccc2)[C@@H](OCc2ccccc2)[C@@H]1OCc1ccccc1. The number of aliphatic hydroxyl groups is 1. The Morgan fingerprint density at radius 3 is 1.04 bits per heavy atom. The molecule has 7 aromatic rings. The first kappa shape index (κ1) is 52.3. The van der Waals surface area contributed by atoms with Crippen molar-refractivity contribution in [2.24, 2.45) is 5.11 Å². The Kier molecular flexibility index (Phi) is 19.6. The van der Waals surface area contributed by atoms with E-state index in [-0.39, 0.29) is 52.9 Å². The van der Waals surface area contributed by atoms with Crippen molar-refractivity contribution in [1.82, 2.24) is 0 Å². The molecular weight excluding hydrogens is 935 g/mol. The molecule has 13 heteroatoms. The summed E-state index contributed by atoms with van der Waals surface area (Å²) in [5.41, 5.74) is 16.8. The quantitative estimate of drug-likeness (QED) is 0.0333. The predicted molar refractivity (Wildman–Crippen MR) is 279 cm³/mol. The summed E-state index contributed by atoms with van der Waals surface area (Å²) in [7, 11) is 0. The summed E-state index contributed by atoms with van der Waals surface area (Å²) in [6.07, 6.45) is -10.5. The molecule has 2 aliphatic rings. The third kappa shape index (κ3) is 14.6. The summed E-state index contributed by atoms with van der Waals surface area (Å²) in [4.78, 5) is 3.36. The second-order valence-corrected chi connectivity index (χ2v) is 18.4. The number of nitrogens with zero attached hydrogens (tertiary/aromatic N) is 3. The van der Waals surface area contributed by atoms with Crippen molar-refractivity contribution in [3.05, 3.63) is 262 Å². The Labute approximate surface area is 433 Å². The fraction of sp³-hybridized carbons (Fsp3) is 0.311. The van der Waals surface area contributed by atoms with E-state index in [2.05, 4.69) is 10.0 Å². The topological polar surface area (TPSA) is 152 Å². The Balaban J connectivity index is 1.11. The van der Waals surface area contributed by atoms with Gasteiger partial charge >= 0.3 is 0 Å². The van der Waals surface area contributed by atoms with Gasteiger partial charge in [-0.05, 0) is 44.5 Å². The number of aliphatic hydroxyl groups excluding tert-OH is 1. The minimum Gasteiger partial charge on any atom is -0.387 e. The summed E-state index contributed by atoms with van der Waals surface area (Å²) in [6.45, 7) is 1.31. The predicted octanol–water partition coefficient (Wildman–Crippen LogP) is 10.9. The molecule has 0 amide bonds. The van der Waals surface area contributed by atoms with Gasteiger partial charge in [-0.25, -0.2) is 0 Å². The van der Waals surface area contributed by atoms with E-state index in [0.29, 0.717) is 0 Å². The summed E-state index contributed by atoms with van der Waals surface area (Å²) in [5.74, 6) is 0. The highest BCUT2D eigenvalue weighted by molar-refractivity contribution is 5.20. The van der Waals surface area contributed by atoms with Crippen LogP contribution >= 0.6 is 0 Å². The third-order valence-electron chi connectivity index (χ3n) is 13.2. The number of rotatable bonds is 25. The highest BCUT2D eigenvalue weighted by Crippen LogP contribution is 2.38. The molecule has 1 saturated heterocycles. The summed E-state index contributed by atoms with van der Waals surface area (Å²) in [6, 6.07) is 67.4. The maximum absolute atomic E-state index is 13.1. The van der Waals surface area contributed by atoms with Crippen molar-refractivity contribution in [3.8, 4) is 0 Å². The highest BCUT2D eigenvalue weighted by Gasteiger charge is 2.57. The van der Waals surface area contributed by atoms with Crippen LogP contribution in [0, 0.1) is 0 Å². The number of ether oxygens (including phenoxy) is 9. The summed E-state index contributed by atoms with van der Waals surface area (Å²) >= 11 is 0. The maximum atomic E-state index is 13.1. The van der Waals surface area contributed by atoms with E-state index in [1.807, 2.05) is 212 Å². The van der Waals surface area contributed by atoms with Crippen LogP contribution < -0.4 is 0 Å². The van der Waals surface area contributed by atoms with Gasteiger partial charge in [-0.2, -0.15) is 0 Å². The van der Waals surface area contributed by atoms with Crippen LogP contribution in [-0.4, -0.2) is 79.0 Å². The molecule has 74 heavy (non-hydrogen) atoms. The van der Waals surface area contributed by atoms with Crippen LogP contribution in [0.15, 0.2) is 217 Å². The van der Waals surface area contributed by atoms with E-state index in [4.69, 9.17) is 42.6 Å². The van der Waals surface area contributed by atoms with Gasteiger partial charge in [-0.1, -0.05) is 217 Å². The van der Waals surface area contributed by atoms with E-state index in [1.165, 1.54) is 0 Å². The van der Waals surface area contributed by atoms with Crippen molar-refractivity contribution >= 4 is 0 Å². The Morgan fingerprint density at radius 2 is 0.676 bits per heavy atom. The Morgan fingerprint density at radius 1 is 0.378 bits per heavy atom. The summed E-state index contributed by atoms with van der Waals surface area (Å²) < 4.78 is 62.0. The van der Waals surface area contributed by atoms with Crippen molar-refractivity contribution in [2.45, 2.75) is 114 Å². The molecule has 1 saturated carbocycles. The Bertz CT molecular complexity index is 2710. The van der Waals surface area contributed by atoms with E-state index in [9.17, 15) is 10.6 Å². The molecule has 0 unspecified atom stereocenters. The number of benzene rings is 7. The average Bonchev–Trinajstić information content (AvgIpc) is 3.46. The second-order valence-electron chi connectivity index (χ2n) is 18.4. The molecule has 7 aromatic carbocycles. The molecule has 0 aromatic heterocycles. The van der Waals surface area contributed by atoms with Crippen molar-refractivity contribution in [1.29, 1.82) is 0 Å². The lowest BCUT2D eigenvalue weighted by Crippen LogP contribution is -2.69. The normalized spacial score (nSPS) is 24.7. The fourth-order valence-electron chi connectivity index (χ4n) is 9.39. The van der Waals surface area contributed by atoms with Crippen LogP contribution in [0.25, 0.3) is 10.4 Å². The standard InChI is InChI=1S/C61H63N3O10/c62-64-63-52-55(68-38-46-26-12-3-13-27-46)54(67-37-45-24-10-2-11-25-45)51(43-66-36-44-22-8-1-9-23-44)73-61(52)74-57-53(65)56(69-39-47-28-14-4-15-29-47)58(70-40-48-30-16-5-17-31-48)60(72-42-50-34-20-7-21-35-50)59(57)71-41-49-32-18-6-19-33-49/h1-35,51-61,65H,36-43H2/t51-,52-,53+,54-,55-,56+,57-,58-,59-,60-,61-/m1/s1. The van der Waals surface area contributed by atoms with Crippen LogP contribution in [0.3, 0.4) is 0 Å². The van der Waals surface area contributed by atoms with Crippen LogP contribution in [0.5, 0.6) is 0 Å². The molecule has 9 rings (SSSR count). The molecule has 0 bridgehead atoms. The first-order valence-corrected chi connectivity index (χ1v) is 25.2. The molecule has 382 valence electrons. The minimum absolute atomic E-state index is 0.0462. The zero-order valence-corrected chi connectivity index (χ0v) is 41.2. The summed E-state index contributed by atoms with van der Waals surface area (Å²) in [5, 5.41) is 17.5. The van der Waals surface area contributed by atoms with E-state index >= 15 is 0 Å². The Hall–Kier alpha value is -6.55. The van der Waals surface area contributed by atoms with Gasteiger partial charge in [0.05, 0.1) is 52.9 Å². The van der Waals surface area contributed by atoms with Gasteiger partial charge in [0.25, 0.3) is 0 Å². The molecule has 11 atom stereocenters. The van der Waals surface area contributed by atoms with Crippen molar-refractivity contribution < 1.29 is 47.7 Å². The fourth-order valence-corrected chi connectivity index (χ4v) is 9.39. The van der Waals surface area contributed by atoms with Crippen molar-refractivity contribution in [2.75, 3.05) is 6.61 Å². The van der Waals surface area contributed by atoms with Gasteiger partial charge in [-0.3, -0.25) is 0 Å². The lowest BCUT2D eigenvalue weighted by Gasteiger charge is -2.51. The maximum Gasteiger partial charge on any atom is 0.169 e. The van der Waals surface area contributed by atoms with Crippen LogP contribution in [0.4, 0.5) is 0 Å². The molecule has 13 nitrogen and oxygen atoms in total. The zero-order valence-electron chi connectivity index (χ0n) is 41.2. The van der Waals surface area contributed by atoms with Crippen LogP contribution in [0.1, 0.15) is 38.9 Å². The van der Waals surface area contributed by atoms with Crippen molar-refractivity contribution in [3.63, 3.8) is 0 Å². The molecule has 0 spiro atoms. The first-order chi connectivity index (χ1) is 36.6. The third-order valence-corrected chi connectivity index (χ3v) is 13.2. The molecule has 1 heterocycles. The molecule has 2 fully saturated rings. The largest absolute Gasteiger partial charge is 0.387 e. The van der Waals surface area contributed by atoms with E-state index in [1.54, 1.807) is 0 Å². The van der Waals surface area contributed by atoms with Crippen LogP contribution in [-0.2, 0) is 88.9 Å². The lowest BCUT2D eigenvalue weighted by atomic mass is 9.83. The highest BCUT2D eigenvalue weighted by atomic mass is 16.7. The second kappa shape index (κ2) is 27.7. The van der Waals surface area contributed by atoms with Gasteiger partial charge in [0.15, 0.2) is 6.29 Å². The minimum atomic E-state index is -1.42. The van der Waals surface area contributed by atoms with Gasteiger partial charge < -0.3 is 47.7 Å². The van der Waals surface area contributed by atoms with Crippen LogP contribution in [0.2, 0.25) is 0 Å². The van der Waals surface area contributed by atoms with Gasteiger partial charge in [0.2, 0.25) is 0 Å². The average molecular weight is 998 g/mol. The zero-order chi connectivity index (χ0) is 50.6. The number of hydrogen-bond donors (Lipinski definition) is 1. The monoisotopic (exact) mass is 997 g/mol. The molecule has 1 aliphatic carbocycles.